The second-order valence-electron chi connectivity index (χ2n) is 6.76. The van der Waals surface area contributed by atoms with Crippen LogP contribution in [0, 0.1) is 0 Å². The van der Waals surface area contributed by atoms with E-state index in [-0.39, 0.29) is 11.8 Å². The van der Waals surface area contributed by atoms with Crippen LogP contribution >= 0.6 is 11.3 Å². The quantitative estimate of drug-likeness (QED) is 0.581. The number of nitrogens with one attached hydrogen (secondary N) is 1. The molecular weight excluding hydrogens is 344 g/mol. The molecule has 1 N–H and O–H groups in total. The van der Waals surface area contributed by atoms with Gasteiger partial charge in [-0.15, -0.1) is 11.3 Å². The molecule has 1 aliphatic heterocycles. The average Bonchev–Trinajstić information content (AvgIpc) is 3.33. The zero-order valence-electron chi connectivity index (χ0n) is 14.2. The fourth-order valence-corrected chi connectivity index (χ4v) is 4.44. The number of thiazole rings is 1. The van der Waals surface area contributed by atoms with Gasteiger partial charge in [-0.1, -0.05) is 12.1 Å². The Morgan fingerprint density at radius 3 is 3.04 bits per heavy atom. The Hall–Kier alpha value is -2.73. The van der Waals surface area contributed by atoms with E-state index in [2.05, 4.69) is 9.97 Å². The molecule has 2 aromatic carbocycles. The second-order valence-corrected chi connectivity index (χ2v) is 7.65. The average molecular weight is 362 g/mol. The van der Waals surface area contributed by atoms with Crippen molar-refractivity contribution in [3.63, 3.8) is 0 Å². The molecule has 0 bridgehead atoms. The van der Waals surface area contributed by atoms with Crippen LogP contribution in [-0.2, 0) is 0 Å². The number of likely N-dealkylation sites (tertiary alicyclic amines) is 1. The summed E-state index contributed by atoms with van der Waals surface area (Å²) in [6.07, 6.45) is 2.05. The summed E-state index contributed by atoms with van der Waals surface area (Å²) in [7, 11) is 0. The highest BCUT2D eigenvalue weighted by atomic mass is 32.1. The van der Waals surface area contributed by atoms with Gasteiger partial charge in [0, 0.05) is 24.6 Å². The fraction of sp³-hybridized carbons (Fsp3) is 0.250. The molecule has 26 heavy (non-hydrogen) atoms. The van der Waals surface area contributed by atoms with E-state index in [4.69, 9.17) is 4.98 Å². The van der Waals surface area contributed by atoms with Gasteiger partial charge in [0.15, 0.2) is 0 Å². The topological polar surface area (TPSA) is 61.9 Å². The maximum Gasteiger partial charge on any atom is 0.253 e. The molecule has 5 rings (SSSR count). The van der Waals surface area contributed by atoms with Crippen molar-refractivity contribution in [1.29, 1.82) is 0 Å². The summed E-state index contributed by atoms with van der Waals surface area (Å²) in [5.74, 6) is 1.34. The van der Waals surface area contributed by atoms with E-state index in [1.165, 1.54) is 0 Å². The first-order valence-corrected chi connectivity index (χ1v) is 9.73. The van der Waals surface area contributed by atoms with Gasteiger partial charge in [0.1, 0.15) is 5.82 Å². The second kappa shape index (κ2) is 6.21. The van der Waals surface area contributed by atoms with Crippen molar-refractivity contribution in [3.05, 3.63) is 59.4 Å². The molecule has 0 saturated carbocycles. The Morgan fingerprint density at radius 1 is 1.19 bits per heavy atom. The van der Waals surface area contributed by atoms with Crippen molar-refractivity contribution in [3.8, 4) is 0 Å². The van der Waals surface area contributed by atoms with E-state index in [1.54, 1.807) is 11.3 Å². The number of para-hydroxylation sites is 2. The number of hydrogen-bond acceptors (Lipinski definition) is 4. The van der Waals surface area contributed by atoms with Crippen LogP contribution in [0.15, 0.2) is 48.0 Å². The van der Waals surface area contributed by atoms with Gasteiger partial charge in [0.05, 0.1) is 26.8 Å². The minimum atomic E-state index is 0.0983. The number of imidazole rings is 1. The normalized spacial score (nSPS) is 17.8. The van der Waals surface area contributed by atoms with E-state index in [1.807, 2.05) is 52.9 Å². The molecule has 130 valence electrons. The van der Waals surface area contributed by atoms with Gasteiger partial charge in [-0.05, 0) is 43.2 Å². The number of hydrogen-bond donors (Lipinski definition) is 1. The summed E-state index contributed by atoms with van der Waals surface area (Å²) in [5, 5.41) is 0. The molecule has 0 spiro atoms. The summed E-state index contributed by atoms with van der Waals surface area (Å²) >= 11 is 1.57. The number of nitrogens with zero attached hydrogens (tertiary/aromatic N) is 3. The van der Waals surface area contributed by atoms with Crippen LogP contribution in [-0.4, -0.2) is 38.8 Å². The number of fused-ring (bicyclic) bond motifs is 2. The van der Waals surface area contributed by atoms with Crippen LogP contribution in [0.1, 0.15) is 34.9 Å². The number of carbonyl (C=O) groups is 1. The Bertz CT molecular complexity index is 1070. The van der Waals surface area contributed by atoms with Gasteiger partial charge in [-0.3, -0.25) is 4.79 Å². The van der Waals surface area contributed by atoms with Crippen LogP contribution in [0.2, 0.25) is 0 Å². The van der Waals surface area contributed by atoms with Crippen molar-refractivity contribution < 1.29 is 4.79 Å². The Balaban J connectivity index is 1.40. The van der Waals surface area contributed by atoms with Gasteiger partial charge in [-0.25, -0.2) is 9.97 Å². The summed E-state index contributed by atoms with van der Waals surface area (Å²) in [6.45, 7) is 1.51. The van der Waals surface area contributed by atoms with Crippen molar-refractivity contribution in [2.24, 2.45) is 0 Å². The lowest BCUT2D eigenvalue weighted by Gasteiger charge is -2.32. The molecule has 1 amide bonds. The molecule has 3 heterocycles. The van der Waals surface area contributed by atoms with Crippen LogP contribution in [0.4, 0.5) is 0 Å². The maximum atomic E-state index is 13.0. The number of aromatic nitrogens is 3. The maximum absolute atomic E-state index is 13.0. The smallest absolute Gasteiger partial charge is 0.253 e. The summed E-state index contributed by atoms with van der Waals surface area (Å²) in [4.78, 5) is 27.4. The SMILES string of the molecule is O=C(c1ccc2ncsc2c1)N1CCC[C@H](c2nc3ccccc3[nH]2)C1. The molecule has 0 unspecified atom stereocenters. The minimum Gasteiger partial charge on any atom is -0.342 e. The lowest BCUT2D eigenvalue weighted by atomic mass is 9.96. The summed E-state index contributed by atoms with van der Waals surface area (Å²) < 4.78 is 1.06. The number of H-pyrrole nitrogens is 1. The molecule has 5 nitrogen and oxygen atoms in total. The van der Waals surface area contributed by atoms with E-state index in [0.717, 1.165) is 52.0 Å². The zero-order chi connectivity index (χ0) is 17.5. The van der Waals surface area contributed by atoms with Crippen LogP contribution in [0.5, 0.6) is 0 Å². The molecule has 1 atom stereocenters. The Kier molecular flexibility index (Phi) is 3.71. The summed E-state index contributed by atoms with van der Waals surface area (Å²) in [6, 6.07) is 13.8. The molecule has 1 aliphatic rings. The molecule has 2 aromatic heterocycles. The number of carbonyl (C=O) groups excluding carboxylic acids is 1. The molecule has 0 aliphatic carbocycles. The molecule has 4 aromatic rings. The lowest BCUT2D eigenvalue weighted by Crippen LogP contribution is -2.39. The third kappa shape index (κ3) is 2.66. The van der Waals surface area contributed by atoms with Gasteiger partial charge >= 0.3 is 0 Å². The largest absolute Gasteiger partial charge is 0.342 e. The first-order chi connectivity index (χ1) is 12.8. The van der Waals surface area contributed by atoms with Crippen molar-refractivity contribution in [2.45, 2.75) is 18.8 Å². The molecule has 0 radical (unpaired) electrons. The van der Waals surface area contributed by atoms with Gasteiger partial charge in [0.25, 0.3) is 5.91 Å². The third-order valence-electron chi connectivity index (χ3n) is 5.08. The van der Waals surface area contributed by atoms with Gasteiger partial charge in [0.2, 0.25) is 0 Å². The minimum absolute atomic E-state index is 0.0983. The molecular formula is C20H18N4OS. The van der Waals surface area contributed by atoms with Crippen molar-refractivity contribution in [2.75, 3.05) is 13.1 Å². The van der Waals surface area contributed by atoms with E-state index in [0.29, 0.717) is 6.54 Å². The van der Waals surface area contributed by atoms with Crippen LogP contribution in [0.3, 0.4) is 0 Å². The predicted octanol–water partition coefficient (Wildman–Crippen LogP) is 4.19. The zero-order valence-corrected chi connectivity index (χ0v) is 15.0. The molecule has 1 saturated heterocycles. The number of amides is 1. The van der Waals surface area contributed by atoms with Crippen LogP contribution in [0.25, 0.3) is 21.3 Å². The highest BCUT2D eigenvalue weighted by molar-refractivity contribution is 7.16. The van der Waals surface area contributed by atoms with Crippen LogP contribution < -0.4 is 0 Å². The van der Waals surface area contributed by atoms with E-state index in [9.17, 15) is 4.79 Å². The van der Waals surface area contributed by atoms with Gasteiger partial charge < -0.3 is 9.88 Å². The monoisotopic (exact) mass is 362 g/mol. The van der Waals surface area contributed by atoms with Crippen molar-refractivity contribution >= 4 is 38.5 Å². The number of piperidine rings is 1. The van der Waals surface area contributed by atoms with E-state index >= 15 is 0 Å². The highest BCUT2D eigenvalue weighted by Gasteiger charge is 2.27. The molecule has 6 heteroatoms. The third-order valence-corrected chi connectivity index (χ3v) is 5.87. The number of aromatic amines is 1. The fourth-order valence-electron chi connectivity index (χ4n) is 3.72. The van der Waals surface area contributed by atoms with Gasteiger partial charge in [-0.2, -0.15) is 0 Å². The first kappa shape index (κ1) is 15.5. The Labute approximate surface area is 154 Å². The first-order valence-electron chi connectivity index (χ1n) is 8.85. The lowest BCUT2D eigenvalue weighted by molar-refractivity contribution is 0.0705. The van der Waals surface area contributed by atoms with Crippen molar-refractivity contribution in [1.82, 2.24) is 19.9 Å². The highest BCUT2D eigenvalue weighted by Crippen LogP contribution is 2.28. The standard InChI is InChI=1S/C20H18N4OS/c25-20(13-7-8-17-18(10-13)26-12-21-17)24-9-3-4-14(11-24)19-22-15-5-1-2-6-16(15)23-19/h1-2,5-8,10,12,14H,3-4,9,11H2,(H,22,23)/t14-/m0/s1. The van der Waals surface area contributed by atoms with E-state index < -0.39 is 0 Å². The number of benzene rings is 2. The predicted molar refractivity (Wildman–Crippen MR) is 104 cm³/mol. The number of rotatable bonds is 2. The summed E-state index contributed by atoms with van der Waals surface area (Å²) in [5.41, 5.74) is 5.55. The Morgan fingerprint density at radius 2 is 2.12 bits per heavy atom. The molecule has 1 fully saturated rings.